The number of rotatable bonds is 5. The van der Waals surface area contributed by atoms with Crippen molar-refractivity contribution in [1.82, 2.24) is 4.98 Å². The maximum absolute atomic E-state index is 12.0. The van der Waals surface area contributed by atoms with Gasteiger partial charge in [0.2, 0.25) is 0 Å². The molecule has 128 valence electrons. The Balaban J connectivity index is 1.53. The van der Waals surface area contributed by atoms with Crippen LogP contribution in [0.4, 0.5) is 5.69 Å². The van der Waals surface area contributed by atoms with E-state index in [1.807, 2.05) is 24.3 Å². The molecule has 0 saturated carbocycles. The fourth-order valence-electron chi connectivity index (χ4n) is 2.40. The molecule has 0 fully saturated rings. The number of esters is 1. The van der Waals surface area contributed by atoms with Crippen molar-refractivity contribution in [3.63, 3.8) is 0 Å². The van der Waals surface area contributed by atoms with Crippen LogP contribution in [0.15, 0.2) is 48.7 Å². The maximum atomic E-state index is 12.0. The average molecular weight is 377 g/mol. The molecular weight excluding hydrogens is 363 g/mol. The van der Waals surface area contributed by atoms with Crippen LogP contribution in [0.2, 0.25) is 10.0 Å². The minimum atomic E-state index is -0.478. The summed E-state index contributed by atoms with van der Waals surface area (Å²) in [4.78, 5) is 26.9. The molecule has 1 amide bonds. The number of para-hydroxylation sites is 1. The third kappa shape index (κ3) is 4.32. The number of hydrogen-bond acceptors (Lipinski definition) is 3. The molecule has 7 heteroatoms. The summed E-state index contributed by atoms with van der Waals surface area (Å²) < 4.78 is 5.03. The van der Waals surface area contributed by atoms with Gasteiger partial charge in [-0.05, 0) is 29.8 Å². The predicted molar refractivity (Wildman–Crippen MR) is 98.1 cm³/mol. The standard InChI is InChI=1S/C18H14Cl2N2O3/c19-14-6-5-12(8-15(14)20)22-17(23)10-25-18(24)7-11-9-21-16-4-2-1-3-13(11)16/h1-6,8-9,21H,7,10H2,(H,22,23). The Labute approximate surface area is 153 Å². The summed E-state index contributed by atoms with van der Waals surface area (Å²) in [6, 6.07) is 12.4. The lowest BCUT2D eigenvalue weighted by atomic mass is 10.1. The summed E-state index contributed by atoms with van der Waals surface area (Å²) in [5.74, 6) is -0.931. The van der Waals surface area contributed by atoms with Crippen molar-refractivity contribution >= 4 is 51.7 Å². The first-order chi connectivity index (χ1) is 12.0. The predicted octanol–water partition coefficient (Wildman–Crippen LogP) is 4.20. The summed E-state index contributed by atoms with van der Waals surface area (Å²) in [5.41, 5.74) is 2.25. The summed E-state index contributed by atoms with van der Waals surface area (Å²) in [7, 11) is 0. The van der Waals surface area contributed by atoms with Crippen molar-refractivity contribution in [2.45, 2.75) is 6.42 Å². The molecule has 5 nitrogen and oxygen atoms in total. The largest absolute Gasteiger partial charge is 0.455 e. The van der Waals surface area contributed by atoms with Gasteiger partial charge in [-0.25, -0.2) is 0 Å². The van der Waals surface area contributed by atoms with Gasteiger partial charge in [-0.1, -0.05) is 41.4 Å². The molecule has 0 aliphatic rings. The van der Waals surface area contributed by atoms with Crippen LogP contribution < -0.4 is 5.32 Å². The molecule has 3 rings (SSSR count). The molecular formula is C18H14Cl2N2O3. The van der Waals surface area contributed by atoms with E-state index in [4.69, 9.17) is 27.9 Å². The highest BCUT2D eigenvalue weighted by atomic mass is 35.5. The number of halogens is 2. The lowest BCUT2D eigenvalue weighted by molar-refractivity contribution is -0.146. The number of nitrogens with one attached hydrogen (secondary N) is 2. The number of fused-ring (bicyclic) bond motifs is 1. The van der Waals surface area contributed by atoms with Crippen LogP contribution in [0.5, 0.6) is 0 Å². The molecule has 0 aliphatic heterocycles. The molecule has 1 heterocycles. The highest BCUT2D eigenvalue weighted by molar-refractivity contribution is 6.42. The van der Waals surface area contributed by atoms with Crippen LogP contribution in [0.1, 0.15) is 5.56 Å². The molecule has 0 aliphatic carbocycles. The van der Waals surface area contributed by atoms with E-state index in [9.17, 15) is 9.59 Å². The van der Waals surface area contributed by atoms with E-state index in [1.165, 1.54) is 6.07 Å². The van der Waals surface area contributed by atoms with Gasteiger partial charge in [0.05, 0.1) is 16.5 Å². The second kappa shape index (κ2) is 7.59. The highest BCUT2D eigenvalue weighted by Gasteiger charge is 2.12. The molecule has 0 spiro atoms. The van der Waals surface area contributed by atoms with Crippen molar-refractivity contribution in [3.05, 3.63) is 64.3 Å². The smallest absolute Gasteiger partial charge is 0.310 e. The van der Waals surface area contributed by atoms with Crippen LogP contribution in [0, 0.1) is 0 Å². The first-order valence-corrected chi connectivity index (χ1v) is 8.24. The Kier molecular flexibility index (Phi) is 5.26. The zero-order valence-electron chi connectivity index (χ0n) is 13.0. The number of aromatic amines is 1. The van der Waals surface area contributed by atoms with E-state index < -0.39 is 11.9 Å². The van der Waals surface area contributed by atoms with E-state index >= 15 is 0 Å². The quantitative estimate of drug-likeness (QED) is 0.655. The minimum Gasteiger partial charge on any atom is -0.455 e. The summed E-state index contributed by atoms with van der Waals surface area (Å²) in [6.45, 7) is -0.374. The van der Waals surface area contributed by atoms with Crippen LogP contribution in [0.3, 0.4) is 0 Å². The summed E-state index contributed by atoms with van der Waals surface area (Å²) in [5, 5.41) is 4.27. The number of hydrogen-bond donors (Lipinski definition) is 2. The minimum absolute atomic E-state index is 0.0874. The second-order valence-corrected chi connectivity index (χ2v) is 6.19. The third-order valence-electron chi connectivity index (χ3n) is 3.58. The average Bonchev–Trinajstić information content (AvgIpc) is 2.99. The SMILES string of the molecule is O=C(COC(=O)Cc1c[nH]c2ccccc12)Nc1ccc(Cl)c(Cl)c1. The first kappa shape index (κ1) is 17.3. The molecule has 0 radical (unpaired) electrons. The van der Waals surface area contributed by atoms with Gasteiger partial charge in [0.15, 0.2) is 6.61 Å². The Hall–Kier alpha value is -2.50. The van der Waals surface area contributed by atoms with E-state index in [0.717, 1.165) is 16.5 Å². The van der Waals surface area contributed by atoms with Crippen LogP contribution >= 0.6 is 23.2 Å². The number of ether oxygens (including phenoxy) is 1. The number of H-pyrrole nitrogens is 1. The van der Waals surface area contributed by atoms with E-state index in [1.54, 1.807) is 18.3 Å². The van der Waals surface area contributed by atoms with Crippen molar-refractivity contribution in [2.24, 2.45) is 0 Å². The van der Waals surface area contributed by atoms with Gasteiger partial charge >= 0.3 is 5.97 Å². The van der Waals surface area contributed by atoms with Gasteiger partial charge < -0.3 is 15.0 Å². The van der Waals surface area contributed by atoms with Crippen molar-refractivity contribution in [1.29, 1.82) is 0 Å². The van der Waals surface area contributed by atoms with Gasteiger partial charge in [-0.2, -0.15) is 0 Å². The van der Waals surface area contributed by atoms with Crippen LogP contribution in [0.25, 0.3) is 10.9 Å². The molecule has 0 saturated heterocycles. The summed E-state index contributed by atoms with van der Waals surface area (Å²) >= 11 is 11.7. The second-order valence-electron chi connectivity index (χ2n) is 5.37. The van der Waals surface area contributed by atoms with Gasteiger partial charge in [-0.15, -0.1) is 0 Å². The van der Waals surface area contributed by atoms with E-state index in [-0.39, 0.29) is 13.0 Å². The molecule has 2 aromatic carbocycles. The monoisotopic (exact) mass is 376 g/mol. The number of carbonyl (C=O) groups is 2. The van der Waals surface area contributed by atoms with E-state index in [0.29, 0.717) is 15.7 Å². The highest BCUT2D eigenvalue weighted by Crippen LogP contribution is 2.25. The lowest BCUT2D eigenvalue weighted by Crippen LogP contribution is -2.21. The molecule has 3 aromatic rings. The number of aromatic nitrogens is 1. The number of benzene rings is 2. The number of amides is 1. The molecule has 2 N–H and O–H groups in total. The maximum Gasteiger partial charge on any atom is 0.310 e. The lowest BCUT2D eigenvalue weighted by Gasteiger charge is -2.07. The fourth-order valence-corrected chi connectivity index (χ4v) is 2.70. The molecule has 0 bridgehead atoms. The number of carbonyl (C=O) groups excluding carboxylic acids is 2. The van der Waals surface area contributed by atoms with Gasteiger partial charge in [0.1, 0.15) is 0 Å². The third-order valence-corrected chi connectivity index (χ3v) is 4.32. The van der Waals surface area contributed by atoms with Crippen LogP contribution in [-0.2, 0) is 20.7 Å². The van der Waals surface area contributed by atoms with Gasteiger partial charge in [-0.3, -0.25) is 9.59 Å². The number of anilines is 1. The van der Waals surface area contributed by atoms with Crippen LogP contribution in [-0.4, -0.2) is 23.5 Å². The molecule has 0 atom stereocenters. The Morgan fingerprint density at radius 3 is 2.68 bits per heavy atom. The van der Waals surface area contributed by atoms with Crippen molar-refractivity contribution in [3.8, 4) is 0 Å². The van der Waals surface area contributed by atoms with E-state index in [2.05, 4.69) is 10.3 Å². The Bertz CT molecular complexity index is 937. The fraction of sp³-hybridized carbons (Fsp3) is 0.111. The topological polar surface area (TPSA) is 71.2 Å². The molecule has 25 heavy (non-hydrogen) atoms. The zero-order chi connectivity index (χ0) is 17.8. The zero-order valence-corrected chi connectivity index (χ0v) is 14.5. The normalized spacial score (nSPS) is 10.6. The Morgan fingerprint density at radius 2 is 1.88 bits per heavy atom. The van der Waals surface area contributed by atoms with Crippen molar-refractivity contribution in [2.75, 3.05) is 11.9 Å². The first-order valence-electron chi connectivity index (χ1n) is 7.48. The Morgan fingerprint density at radius 1 is 1.08 bits per heavy atom. The summed E-state index contributed by atoms with van der Waals surface area (Å²) in [6.07, 6.45) is 1.85. The van der Waals surface area contributed by atoms with Crippen molar-refractivity contribution < 1.29 is 14.3 Å². The van der Waals surface area contributed by atoms with Gasteiger partial charge in [0, 0.05) is 22.8 Å². The molecule has 0 unspecified atom stereocenters. The van der Waals surface area contributed by atoms with Gasteiger partial charge in [0.25, 0.3) is 5.91 Å². The molecule has 1 aromatic heterocycles.